The van der Waals surface area contributed by atoms with Crippen LogP contribution >= 0.6 is 0 Å². The zero-order valence-corrected chi connectivity index (χ0v) is 8.84. The molecule has 3 aromatic rings. The van der Waals surface area contributed by atoms with E-state index in [2.05, 4.69) is 30.6 Å². The molecule has 0 unspecified atom stereocenters. The van der Waals surface area contributed by atoms with Crippen molar-refractivity contribution in [3.8, 4) is 0 Å². The molecule has 0 saturated heterocycles. The van der Waals surface area contributed by atoms with Gasteiger partial charge in [-0.25, -0.2) is 9.97 Å². The highest BCUT2D eigenvalue weighted by molar-refractivity contribution is 5.93. The summed E-state index contributed by atoms with van der Waals surface area (Å²) in [6.45, 7) is 1.84. The van der Waals surface area contributed by atoms with Crippen LogP contribution in [-0.2, 0) is 0 Å². The number of aryl methyl sites for hydroxylation is 1. The van der Waals surface area contributed by atoms with Gasteiger partial charge in [-0.1, -0.05) is 0 Å². The third-order valence-electron chi connectivity index (χ3n) is 2.37. The minimum absolute atomic E-state index is 0.625. The van der Waals surface area contributed by atoms with Gasteiger partial charge in [-0.3, -0.25) is 0 Å². The van der Waals surface area contributed by atoms with Gasteiger partial charge in [0.2, 0.25) is 5.65 Å². The maximum Gasteiger partial charge on any atom is 0.205 e. The summed E-state index contributed by atoms with van der Waals surface area (Å²) in [4.78, 5) is 8.51. The fraction of sp³-hybridized carbons (Fsp3) is 0.222. The van der Waals surface area contributed by atoms with E-state index in [1.165, 1.54) is 0 Å². The predicted octanol–water partition coefficient (Wildman–Crippen LogP) is 0.418. The number of rotatable bonds is 1. The third kappa shape index (κ3) is 1.05. The van der Waals surface area contributed by atoms with Crippen LogP contribution < -0.4 is 5.32 Å². The molecule has 3 rings (SSSR count). The van der Waals surface area contributed by atoms with Gasteiger partial charge in [-0.2, -0.15) is 4.52 Å². The van der Waals surface area contributed by atoms with E-state index in [9.17, 15) is 0 Å². The van der Waals surface area contributed by atoms with Crippen LogP contribution in [0.1, 0.15) is 5.82 Å². The van der Waals surface area contributed by atoms with Crippen LogP contribution in [0.3, 0.4) is 0 Å². The van der Waals surface area contributed by atoms with Gasteiger partial charge in [0.15, 0.2) is 11.6 Å². The molecule has 0 aromatic carbocycles. The smallest absolute Gasteiger partial charge is 0.205 e. The first-order valence-electron chi connectivity index (χ1n) is 4.81. The molecule has 0 spiro atoms. The van der Waals surface area contributed by atoms with Crippen LogP contribution in [0, 0.1) is 6.92 Å². The van der Waals surface area contributed by atoms with Crippen LogP contribution in [0.4, 0.5) is 5.82 Å². The summed E-state index contributed by atoms with van der Waals surface area (Å²) in [6, 6.07) is 0. The first-order valence-corrected chi connectivity index (χ1v) is 4.81. The lowest BCUT2D eigenvalue weighted by Gasteiger charge is -2.04. The van der Waals surface area contributed by atoms with Gasteiger partial charge in [0.25, 0.3) is 0 Å². The molecule has 80 valence electrons. The lowest BCUT2D eigenvalue weighted by atomic mass is 10.4. The summed E-state index contributed by atoms with van der Waals surface area (Å²) in [5.41, 5.74) is 2.02. The SMILES string of the molecule is CNc1nn2c(C)nnc2c2nccnc12. The molecule has 1 N–H and O–H groups in total. The predicted molar refractivity (Wildman–Crippen MR) is 58.2 cm³/mol. The van der Waals surface area contributed by atoms with Crippen LogP contribution in [0.5, 0.6) is 0 Å². The molecule has 16 heavy (non-hydrogen) atoms. The first kappa shape index (κ1) is 8.96. The normalized spacial score (nSPS) is 11.1. The van der Waals surface area contributed by atoms with Crippen molar-refractivity contribution in [3.05, 3.63) is 18.2 Å². The molecule has 0 amide bonds. The zero-order valence-electron chi connectivity index (χ0n) is 8.84. The number of anilines is 1. The Labute approximate surface area is 90.5 Å². The molecular weight excluding hydrogens is 206 g/mol. The summed E-state index contributed by atoms with van der Waals surface area (Å²) in [7, 11) is 1.79. The largest absolute Gasteiger partial charge is 0.370 e. The summed E-state index contributed by atoms with van der Waals surface area (Å²) in [5.74, 6) is 1.39. The molecule has 0 aliphatic rings. The van der Waals surface area contributed by atoms with Gasteiger partial charge in [0.1, 0.15) is 11.0 Å². The molecule has 0 aliphatic heterocycles. The average molecular weight is 215 g/mol. The van der Waals surface area contributed by atoms with Gasteiger partial charge in [0, 0.05) is 19.4 Å². The number of hydrogen-bond acceptors (Lipinski definition) is 6. The lowest BCUT2D eigenvalue weighted by Crippen LogP contribution is -2.03. The Morgan fingerprint density at radius 2 is 1.88 bits per heavy atom. The van der Waals surface area contributed by atoms with Crippen molar-refractivity contribution in [3.63, 3.8) is 0 Å². The number of aromatic nitrogens is 6. The Hall–Kier alpha value is -2.31. The molecule has 3 heterocycles. The van der Waals surface area contributed by atoms with Gasteiger partial charge >= 0.3 is 0 Å². The third-order valence-corrected chi connectivity index (χ3v) is 2.37. The molecule has 3 aromatic heterocycles. The molecule has 0 atom stereocenters. The molecule has 7 nitrogen and oxygen atoms in total. The average Bonchev–Trinajstić information content (AvgIpc) is 2.70. The monoisotopic (exact) mass is 215 g/mol. The molecule has 0 saturated carbocycles. The summed E-state index contributed by atoms with van der Waals surface area (Å²) in [5, 5.41) is 15.4. The fourth-order valence-electron chi connectivity index (χ4n) is 1.62. The van der Waals surface area contributed by atoms with Crippen LogP contribution in [-0.4, -0.2) is 36.8 Å². The molecular formula is C9H9N7. The maximum absolute atomic E-state index is 4.36. The minimum Gasteiger partial charge on any atom is -0.370 e. The second-order valence-electron chi connectivity index (χ2n) is 3.33. The second kappa shape index (κ2) is 3.09. The fourth-order valence-corrected chi connectivity index (χ4v) is 1.62. The van der Waals surface area contributed by atoms with E-state index < -0.39 is 0 Å². The van der Waals surface area contributed by atoms with Crippen LogP contribution in [0.15, 0.2) is 12.4 Å². The number of nitrogens with zero attached hydrogens (tertiary/aromatic N) is 6. The molecule has 0 aliphatic carbocycles. The van der Waals surface area contributed by atoms with Crippen molar-refractivity contribution in [2.75, 3.05) is 12.4 Å². The Bertz CT molecular complexity index is 672. The van der Waals surface area contributed by atoms with Gasteiger partial charge < -0.3 is 5.32 Å². The standard InChI is InChI=1S/C9H9N7/c1-5-13-14-9-7-6(11-3-4-12-7)8(10-2)15-16(5)9/h3-4H,1-2H3,(H,10,15). The van der Waals surface area contributed by atoms with Crippen LogP contribution in [0.2, 0.25) is 0 Å². The Kier molecular flexibility index (Phi) is 1.73. The highest BCUT2D eigenvalue weighted by atomic mass is 15.4. The number of nitrogens with one attached hydrogen (secondary N) is 1. The van der Waals surface area contributed by atoms with E-state index in [1.54, 1.807) is 24.0 Å². The van der Waals surface area contributed by atoms with Crippen molar-refractivity contribution in [1.29, 1.82) is 0 Å². The Morgan fingerprint density at radius 1 is 1.12 bits per heavy atom. The number of hydrogen-bond donors (Lipinski definition) is 1. The van der Waals surface area contributed by atoms with Crippen molar-refractivity contribution < 1.29 is 0 Å². The van der Waals surface area contributed by atoms with E-state index in [1.807, 2.05) is 6.92 Å². The Balaban J connectivity index is 2.58. The first-order chi connectivity index (χ1) is 7.81. The minimum atomic E-state index is 0.625. The van der Waals surface area contributed by atoms with E-state index >= 15 is 0 Å². The molecule has 0 bridgehead atoms. The lowest BCUT2D eigenvalue weighted by molar-refractivity contribution is 0.881. The topological polar surface area (TPSA) is 80.9 Å². The Morgan fingerprint density at radius 3 is 2.62 bits per heavy atom. The van der Waals surface area contributed by atoms with Crippen LogP contribution in [0.25, 0.3) is 16.7 Å². The van der Waals surface area contributed by atoms with Crippen molar-refractivity contribution >= 4 is 22.5 Å². The maximum atomic E-state index is 4.36. The van der Waals surface area contributed by atoms with E-state index in [4.69, 9.17) is 0 Å². The highest BCUT2D eigenvalue weighted by Crippen LogP contribution is 2.19. The molecule has 0 radical (unpaired) electrons. The summed E-state index contributed by atoms with van der Waals surface area (Å²) < 4.78 is 1.66. The zero-order chi connectivity index (χ0) is 11.1. The highest BCUT2D eigenvalue weighted by Gasteiger charge is 2.12. The number of fused-ring (bicyclic) bond motifs is 3. The van der Waals surface area contributed by atoms with E-state index in [-0.39, 0.29) is 0 Å². The molecule has 0 fully saturated rings. The van der Waals surface area contributed by atoms with Crippen molar-refractivity contribution in [2.24, 2.45) is 0 Å². The molecule has 7 heteroatoms. The van der Waals surface area contributed by atoms with E-state index in [0.29, 0.717) is 22.5 Å². The van der Waals surface area contributed by atoms with Gasteiger partial charge in [0.05, 0.1) is 0 Å². The van der Waals surface area contributed by atoms with Gasteiger partial charge in [-0.05, 0) is 6.92 Å². The van der Waals surface area contributed by atoms with E-state index in [0.717, 1.165) is 5.82 Å². The second-order valence-corrected chi connectivity index (χ2v) is 3.33. The van der Waals surface area contributed by atoms with Crippen molar-refractivity contribution in [2.45, 2.75) is 6.92 Å². The quantitative estimate of drug-likeness (QED) is 0.633. The van der Waals surface area contributed by atoms with Gasteiger partial charge in [-0.15, -0.1) is 15.3 Å². The summed E-state index contributed by atoms with van der Waals surface area (Å²) in [6.07, 6.45) is 3.26. The van der Waals surface area contributed by atoms with Crippen molar-refractivity contribution in [1.82, 2.24) is 29.8 Å². The summed E-state index contributed by atoms with van der Waals surface area (Å²) >= 11 is 0.